The van der Waals surface area contributed by atoms with E-state index in [2.05, 4.69) is 47.9 Å². The van der Waals surface area contributed by atoms with Crippen LogP contribution in [0.1, 0.15) is 60.8 Å². The number of nitrogens with zero attached hydrogens (tertiary/aromatic N) is 3. The molecule has 4 rings (SSSR count). The summed E-state index contributed by atoms with van der Waals surface area (Å²) >= 11 is 0. The molecular weight excluding hydrogens is 530 g/mol. The van der Waals surface area contributed by atoms with Gasteiger partial charge in [-0.3, -0.25) is 14.6 Å². The topological polar surface area (TPSA) is 82.5 Å². The van der Waals surface area contributed by atoms with E-state index in [1.807, 2.05) is 61.2 Å². The largest absolute Gasteiger partial charge is 0.497 e. The van der Waals surface area contributed by atoms with Crippen molar-refractivity contribution in [1.29, 1.82) is 0 Å². The molecule has 224 valence electrons. The molecule has 3 aromatic rings. The number of benzene rings is 3. The first-order valence-corrected chi connectivity index (χ1v) is 14.7. The normalized spacial score (nSPS) is 18.3. The average Bonchev–Trinajstić information content (AvgIpc) is 2.99. The van der Waals surface area contributed by atoms with Crippen LogP contribution in [-0.4, -0.2) is 83.7 Å². The number of hydrogen-bond donors (Lipinski definition) is 1. The van der Waals surface area contributed by atoms with Crippen molar-refractivity contribution in [2.24, 2.45) is 0 Å². The van der Waals surface area contributed by atoms with E-state index in [0.717, 1.165) is 36.5 Å². The molecule has 3 atom stereocenters. The van der Waals surface area contributed by atoms with Gasteiger partial charge in [0.1, 0.15) is 11.5 Å². The molecule has 0 aromatic heterocycles. The Hall–Kier alpha value is -3.88. The number of rotatable bonds is 12. The van der Waals surface area contributed by atoms with Crippen molar-refractivity contribution in [3.63, 3.8) is 0 Å². The zero-order valence-corrected chi connectivity index (χ0v) is 25.3. The van der Waals surface area contributed by atoms with E-state index < -0.39 is 12.6 Å². The zero-order valence-electron chi connectivity index (χ0n) is 25.3. The number of aliphatic carboxylic acids is 1. The summed E-state index contributed by atoms with van der Waals surface area (Å²) in [5.41, 5.74) is 3.88. The summed E-state index contributed by atoms with van der Waals surface area (Å²) in [5.74, 6) is 0.363. The highest BCUT2D eigenvalue weighted by atomic mass is 16.5. The lowest BCUT2D eigenvalue weighted by Crippen LogP contribution is -2.56. The van der Waals surface area contributed by atoms with Gasteiger partial charge in [0.2, 0.25) is 0 Å². The highest BCUT2D eigenvalue weighted by molar-refractivity contribution is 5.94. The molecule has 1 aliphatic heterocycles. The van der Waals surface area contributed by atoms with Gasteiger partial charge in [-0.15, -0.1) is 0 Å². The Labute approximate surface area is 249 Å². The monoisotopic (exact) mass is 573 g/mol. The highest BCUT2D eigenvalue weighted by Gasteiger charge is 2.35. The lowest BCUT2D eigenvalue weighted by molar-refractivity contribution is -0.139. The Morgan fingerprint density at radius 3 is 2.26 bits per heavy atom. The van der Waals surface area contributed by atoms with Gasteiger partial charge in [-0.25, -0.2) is 4.79 Å². The van der Waals surface area contributed by atoms with Crippen LogP contribution in [0.15, 0.2) is 72.8 Å². The first-order valence-electron chi connectivity index (χ1n) is 14.7. The van der Waals surface area contributed by atoms with Crippen LogP contribution >= 0.6 is 0 Å². The standard InChI is InChI=1S/C34H43N3O5/c1-6-35(7-2)34(40)29-14-9-12-27(18-29)33(28-13-10-16-31(19-28)42-23-32(38)39)37-21-24(3)36(20-25(37)4)22-26-11-8-15-30(17-26)41-5/h8-19,24-25,33H,6-7,20-23H2,1-5H3,(H,38,39)/t24-,25+,33-/m1/s1. The van der Waals surface area contributed by atoms with Crippen LogP contribution < -0.4 is 9.47 Å². The molecule has 8 heteroatoms. The van der Waals surface area contributed by atoms with Crippen LogP contribution in [0, 0.1) is 0 Å². The minimum absolute atomic E-state index is 0.0173. The molecule has 0 saturated carbocycles. The maximum absolute atomic E-state index is 13.3. The van der Waals surface area contributed by atoms with Gasteiger partial charge in [-0.05, 0) is 80.8 Å². The fourth-order valence-corrected chi connectivity index (χ4v) is 5.84. The predicted molar refractivity (Wildman–Crippen MR) is 164 cm³/mol. The van der Waals surface area contributed by atoms with E-state index in [4.69, 9.17) is 14.6 Å². The smallest absolute Gasteiger partial charge is 0.341 e. The van der Waals surface area contributed by atoms with Crippen LogP contribution in [0.25, 0.3) is 0 Å². The third-order valence-electron chi connectivity index (χ3n) is 8.05. The van der Waals surface area contributed by atoms with Gasteiger partial charge < -0.3 is 19.5 Å². The Balaban J connectivity index is 1.68. The number of carbonyl (C=O) groups excluding carboxylic acids is 1. The van der Waals surface area contributed by atoms with Crippen LogP contribution in [0.5, 0.6) is 11.5 Å². The van der Waals surface area contributed by atoms with Gasteiger partial charge in [0.25, 0.3) is 5.91 Å². The van der Waals surface area contributed by atoms with Crippen molar-refractivity contribution in [2.75, 3.05) is 39.9 Å². The fraction of sp³-hybridized carbons (Fsp3) is 0.412. The van der Waals surface area contributed by atoms with Crippen LogP contribution in [-0.2, 0) is 11.3 Å². The summed E-state index contributed by atoms with van der Waals surface area (Å²) < 4.78 is 11.0. The molecular formula is C34H43N3O5. The summed E-state index contributed by atoms with van der Waals surface area (Å²) in [4.78, 5) is 31.3. The molecule has 1 fully saturated rings. The minimum Gasteiger partial charge on any atom is -0.497 e. The quantitative estimate of drug-likeness (QED) is 0.314. The van der Waals surface area contributed by atoms with Crippen molar-refractivity contribution in [3.8, 4) is 11.5 Å². The molecule has 8 nitrogen and oxygen atoms in total. The Morgan fingerprint density at radius 2 is 1.57 bits per heavy atom. The maximum atomic E-state index is 13.3. The van der Waals surface area contributed by atoms with Crippen molar-refractivity contribution in [3.05, 3.63) is 95.1 Å². The van der Waals surface area contributed by atoms with Crippen molar-refractivity contribution < 1.29 is 24.2 Å². The lowest BCUT2D eigenvalue weighted by Gasteiger charge is -2.48. The van der Waals surface area contributed by atoms with E-state index in [1.165, 1.54) is 5.56 Å². The molecule has 1 saturated heterocycles. The maximum Gasteiger partial charge on any atom is 0.341 e. The summed E-state index contributed by atoms with van der Waals surface area (Å²) in [6.45, 7) is 11.9. The number of carboxylic acid groups (broad SMARTS) is 1. The second-order valence-electron chi connectivity index (χ2n) is 10.9. The summed E-state index contributed by atoms with van der Waals surface area (Å²) in [7, 11) is 1.69. The fourth-order valence-electron chi connectivity index (χ4n) is 5.84. The van der Waals surface area contributed by atoms with Crippen LogP contribution in [0.3, 0.4) is 0 Å². The van der Waals surface area contributed by atoms with Gasteiger partial charge >= 0.3 is 5.97 Å². The number of ether oxygens (including phenoxy) is 2. The van der Waals surface area contributed by atoms with Gasteiger partial charge in [0.15, 0.2) is 6.61 Å². The van der Waals surface area contributed by atoms with Crippen LogP contribution in [0.2, 0.25) is 0 Å². The molecule has 1 heterocycles. The molecule has 1 aliphatic rings. The number of methoxy groups -OCH3 is 1. The van der Waals surface area contributed by atoms with E-state index in [9.17, 15) is 9.59 Å². The van der Waals surface area contributed by atoms with Gasteiger partial charge in [0.05, 0.1) is 13.2 Å². The molecule has 1 amide bonds. The second kappa shape index (κ2) is 14.3. The molecule has 0 spiro atoms. The van der Waals surface area contributed by atoms with Crippen LogP contribution in [0.4, 0.5) is 0 Å². The summed E-state index contributed by atoms with van der Waals surface area (Å²) in [6.07, 6.45) is 0. The number of piperazine rings is 1. The molecule has 0 bridgehead atoms. The minimum atomic E-state index is -1.02. The number of hydrogen-bond acceptors (Lipinski definition) is 6. The lowest BCUT2D eigenvalue weighted by atomic mass is 9.92. The van der Waals surface area contributed by atoms with E-state index in [1.54, 1.807) is 13.2 Å². The Kier molecular flexibility index (Phi) is 10.6. The highest BCUT2D eigenvalue weighted by Crippen LogP contribution is 2.35. The summed E-state index contributed by atoms with van der Waals surface area (Å²) in [6, 6.07) is 24.1. The first-order chi connectivity index (χ1) is 20.2. The Bertz CT molecular complexity index is 1360. The Morgan fingerprint density at radius 1 is 0.905 bits per heavy atom. The second-order valence-corrected chi connectivity index (χ2v) is 10.9. The number of carboxylic acids is 1. The molecule has 0 unspecified atom stereocenters. The van der Waals surface area contributed by atoms with E-state index >= 15 is 0 Å². The third kappa shape index (κ3) is 7.49. The van der Waals surface area contributed by atoms with Gasteiger partial charge in [-0.2, -0.15) is 0 Å². The number of amides is 1. The number of carbonyl (C=O) groups is 2. The molecule has 0 radical (unpaired) electrons. The van der Waals surface area contributed by atoms with Gasteiger partial charge in [0, 0.05) is 50.4 Å². The average molecular weight is 574 g/mol. The predicted octanol–water partition coefficient (Wildman–Crippen LogP) is 5.32. The third-order valence-corrected chi connectivity index (χ3v) is 8.05. The van der Waals surface area contributed by atoms with Crippen molar-refractivity contribution in [1.82, 2.24) is 14.7 Å². The zero-order chi connectivity index (χ0) is 30.2. The SMILES string of the molecule is CCN(CC)C(=O)c1cccc([C@H](c2cccc(OCC(=O)O)c2)N2C[C@@H](C)N(Cc3cccc(OC)c3)C[C@@H]2C)c1. The molecule has 42 heavy (non-hydrogen) atoms. The molecule has 3 aromatic carbocycles. The first kappa shape index (κ1) is 31.1. The molecule has 1 N–H and O–H groups in total. The van der Waals surface area contributed by atoms with Crippen molar-refractivity contribution in [2.45, 2.75) is 52.4 Å². The van der Waals surface area contributed by atoms with E-state index in [-0.39, 0.29) is 24.0 Å². The van der Waals surface area contributed by atoms with Crippen molar-refractivity contribution >= 4 is 11.9 Å². The van der Waals surface area contributed by atoms with Gasteiger partial charge in [-0.1, -0.05) is 36.4 Å². The summed E-state index contributed by atoms with van der Waals surface area (Å²) in [5, 5.41) is 9.15. The van der Waals surface area contributed by atoms with E-state index in [0.29, 0.717) is 24.4 Å². The molecule has 0 aliphatic carbocycles.